The van der Waals surface area contributed by atoms with Crippen LogP contribution in [0.5, 0.6) is 23.0 Å². The number of rotatable bonds is 9. The summed E-state index contributed by atoms with van der Waals surface area (Å²) in [4.78, 5) is 24.7. The van der Waals surface area contributed by atoms with Crippen molar-refractivity contribution in [2.75, 3.05) is 13.2 Å². The van der Waals surface area contributed by atoms with Gasteiger partial charge in [-0.15, -0.1) is 0 Å². The van der Waals surface area contributed by atoms with Crippen molar-refractivity contribution in [2.24, 2.45) is 0 Å². The lowest BCUT2D eigenvalue weighted by atomic mass is 10.1. The summed E-state index contributed by atoms with van der Waals surface area (Å²) in [5, 5.41) is 5.95. The third-order valence-corrected chi connectivity index (χ3v) is 6.01. The van der Waals surface area contributed by atoms with E-state index in [4.69, 9.17) is 18.9 Å². The van der Waals surface area contributed by atoms with Gasteiger partial charge in [0.2, 0.25) is 11.8 Å². The number of ether oxygens (including phenoxy) is 4. The van der Waals surface area contributed by atoms with E-state index in [1.807, 2.05) is 62.4 Å². The van der Waals surface area contributed by atoms with E-state index in [9.17, 15) is 9.59 Å². The molecule has 2 aromatic rings. The number of carbonyl (C=O) groups excluding carboxylic acids is 2. The van der Waals surface area contributed by atoms with Gasteiger partial charge in [-0.25, -0.2) is 0 Å². The number of amides is 2. The largest absolute Gasteiger partial charge is 0.486 e. The molecular weight excluding hydrogens is 436 g/mol. The van der Waals surface area contributed by atoms with Crippen molar-refractivity contribution >= 4 is 11.8 Å². The van der Waals surface area contributed by atoms with E-state index in [0.717, 1.165) is 11.5 Å². The van der Waals surface area contributed by atoms with Gasteiger partial charge in [0.15, 0.2) is 35.2 Å². The summed E-state index contributed by atoms with van der Waals surface area (Å²) in [5.74, 6) is 2.70. The van der Waals surface area contributed by atoms with E-state index < -0.39 is 0 Å². The fraction of sp³-hybridized carbons (Fsp3) is 0.462. The number of para-hydroxylation sites is 4. The molecule has 2 aromatic carbocycles. The van der Waals surface area contributed by atoms with E-state index in [-0.39, 0.29) is 36.1 Å². The van der Waals surface area contributed by atoms with Crippen molar-refractivity contribution < 1.29 is 28.5 Å². The van der Waals surface area contributed by atoms with Crippen LogP contribution in [0.1, 0.15) is 39.5 Å². The zero-order valence-corrected chi connectivity index (χ0v) is 19.6. The van der Waals surface area contributed by atoms with Crippen molar-refractivity contribution in [3.05, 3.63) is 48.5 Å². The minimum absolute atomic E-state index is 0.0600. The highest BCUT2D eigenvalue weighted by atomic mass is 16.6. The maximum atomic E-state index is 12.3. The second kappa shape index (κ2) is 11.1. The van der Waals surface area contributed by atoms with Gasteiger partial charge in [-0.05, 0) is 51.0 Å². The molecule has 2 aliphatic heterocycles. The lowest BCUT2D eigenvalue weighted by Crippen LogP contribution is -2.48. The zero-order valence-electron chi connectivity index (χ0n) is 19.6. The SMILES string of the molecule is C[C@H](NC(=O)CCCCC(=O)N[C@H](C)[C@H]1COc2ccccc2O1)[C@H]1COc2ccccc2O1. The minimum Gasteiger partial charge on any atom is -0.486 e. The molecular formula is C26H32N2O6. The second-order valence-corrected chi connectivity index (χ2v) is 8.75. The first kappa shape index (κ1) is 23.7. The summed E-state index contributed by atoms with van der Waals surface area (Å²) >= 11 is 0. The number of benzene rings is 2. The van der Waals surface area contributed by atoms with Gasteiger partial charge in [-0.1, -0.05) is 24.3 Å². The van der Waals surface area contributed by atoms with Crippen LogP contribution in [0, 0.1) is 0 Å². The third kappa shape index (κ3) is 6.12. The molecule has 2 aliphatic rings. The van der Waals surface area contributed by atoms with Gasteiger partial charge in [-0.2, -0.15) is 0 Å². The lowest BCUT2D eigenvalue weighted by Gasteiger charge is -2.31. The molecule has 8 heteroatoms. The van der Waals surface area contributed by atoms with Crippen molar-refractivity contribution in [1.29, 1.82) is 0 Å². The van der Waals surface area contributed by atoms with Gasteiger partial charge in [0.05, 0.1) is 12.1 Å². The van der Waals surface area contributed by atoms with Gasteiger partial charge in [0.1, 0.15) is 13.2 Å². The second-order valence-electron chi connectivity index (χ2n) is 8.75. The molecule has 0 bridgehead atoms. The number of nitrogens with one attached hydrogen (secondary N) is 2. The Bertz CT molecular complexity index is 917. The molecule has 0 spiro atoms. The topological polar surface area (TPSA) is 95.1 Å². The normalized spacial score (nSPS) is 20.1. The Morgan fingerprint density at radius 1 is 0.735 bits per heavy atom. The Labute approximate surface area is 199 Å². The molecule has 0 saturated heterocycles. The van der Waals surface area contributed by atoms with Gasteiger partial charge in [-0.3, -0.25) is 9.59 Å². The van der Waals surface area contributed by atoms with Crippen LogP contribution in [0.4, 0.5) is 0 Å². The average molecular weight is 469 g/mol. The quantitative estimate of drug-likeness (QED) is 0.549. The van der Waals surface area contributed by atoms with E-state index in [1.54, 1.807) is 0 Å². The van der Waals surface area contributed by atoms with Crippen LogP contribution in [-0.4, -0.2) is 49.3 Å². The smallest absolute Gasteiger partial charge is 0.220 e. The molecule has 4 rings (SSSR count). The van der Waals surface area contributed by atoms with Crippen molar-refractivity contribution in [3.8, 4) is 23.0 Å². The summed E-state index contributed by atoms with van der Waals surface area (Å²) in [7, 11) is 0. The highest BCUT2D eigenvalue weighted by molar-refractivity contribution is 5.77. The summed E-state index contributed by atoms with van der Waals surface area (Å²) in [6.45, 7) is 4.59. The molecule has 4 atom stereocenters. The first-order valence-electron chi connectivity index (χ1n) is 11.9. The van der Waals surface area contributed by atoms with E-state index in [2.05, 4.69) is 10.6 Å². The van der Waals surface area contributed by atoms with E-state index in [0.29, 0.717) is 50.4 Å². The van der Waals surface area contributed by atoms with E-state index in [1.165, 1.54) is 0 Å². The number of hydrogen-bond donors (Lipinski definition) is 2. The Morgan fingerprint density at radius 2 is 1.12 bits per heavy atom. The molecule has 0 saturated carbocycles. The van der Waals surface area contributed by atoms with Crippen LogP contribution in [0.2, 0.25) is 0 Å². The van der Waals surface area contributed by atoms with Crippen LogP contribution in [0.25, 0.3) is 0 Å². The molecule has 182 valence electrons. The van der Waals surface area contributed by atoms with Gasteiger partial charge >= 0.3 is 0 Å². The Hall–Kier alpha value is -3.42. The minimum atomic E-state index is -0.246. The van der Waals surface area contributed by atoms with Crippen molar-refractivity contribution in [3.63, 3.8) is 0 Å². The maximum Gasteiger partial charge on any atom is 0.220 e. The Kier molecular flexibility index (Phi) is 7.77. The fourth-order valence-electron chi connectivity index (χ4n) is 3.97. The van der Waals surface area contributed by atoms with Crippen molar-refractivity contribution in [1.82, 2.24) is 10.6 Å². The highest BCUT2D eigenvalue weighted by Crippen LogP contribution is 2.32. The predicted octanol–water partition coefficient (Wildman–Crippen LogP) is 3.24. The molecule has 34 heavy (non-hydrogen) atoms. The van der Waals surface area contributed by atoms with Crippen LogP contribution < -0.4 is 29.6 Å². The van der Waals surface area contributed by atoms with Crippen LogP contribution in [0.3, 0.4) is 0 Å². The maximum absolute atomic E-state index is 12.3. The van der Waals surface area contributed by atoms with Gasteiger partial charge in [0.25, 0.3) is 0 Å². The van der Waals surface area contributed by atoms with E-state index >= 15 is 0 Å². The molecule has 2 amide bonds. The van der Waals surface area contributed by atoms with Crippen LogP contribution in [-0.2, 0) is 9.59 Å². The Balaban J connectivity index is 1.11. The monoisotopic (exact) mass is 468 g/mol. The number of carbonyl (C=O) groups is 2. The first-order chi connectivity index (χ1) is 16.5. The van der Waals surface area contributed by atoms with Gasteiger partial charge < -0.3 is 29.6 Å². The fourth-order valence-corrected chi connectivity index (χ4v) is 3.97. The molecule has 2 heterocycles. The molecule has 0 aliphatic carbocycles. The lowest BCUT2D eigenvalue weighted by molar-refractivity contribution is -0.124. The average Bonchev–Trinajstić information content (AvgIpc) is 2.86. The zero-order chi connectivity index (χ0) is 23.9. The predicted molar refractivity (Wildman–Crippen MR) is 126 cm³/mol. The van der Waals surface area contributed by atoms with Gasteiger partial charge in [0, 0.05) is 12.8 Å². The molecule has 0 unspecified atom stereocenters. The molecule has 2 N–H and O–H groups in total. The highest BCUT2D eigenvalue weighted by Gasteiger charge is 2.28. The molecule has 0 aromatic heterocycles. The third-order valence-electron chi connectivity index (χ3n) is 6.01. The number of fused-ring (bicyclic) bond motifs is 2. The van der Waals surface area contributed by atoms with Crippen LogP contribution >= 0.6 is 0 Å². The summed E-state index contributed by atoms with van der Waals surface area (Å²) in [6.07, 6.45) is 1.47. The molecule has 0 radical (unpaired) electrons. The van der Waals surface area contributed by atoms with Crippen LogP contribution in [0.15, 0.2) is 48.5 Å². The number of hydrogen-bond acceptors (Lipinski definition) is 6. The summed E-state index contributed by atoms with van der Waals surface area (Å²) in [5.41, 5.74) is 0. The van der Waals surface area contributed by atoms with Crippen molar-refractivity contribution in [2.45, 2.75) is 63.8 Å². The standard InChI is InChI=1S/C26H32N2O6/c1-17(23-15-31-19-9-3-5-11-21(19)33-23)27-25(29)13-7-8-14-26(30)28-18(2)24-16-32-20-10-4-6-12-22(20)34-24/h3-6,9-12,17-18,23-24H,7-8,13-16H2,1-2H3,(H,27,29)(H,28,30)/t17-,18+,23-,24-/m1/s1. The number of unbranched alkanes of at least 4 members (excludes halogenated alkanes) is 1. The first-order valence-corrected chi connectivity index (χ1v) is 11.9. The molecule has 8 nitrogen and oxygen atoms in total. The molecule has 0 fully saturated rings. The summed E-state index contributed by atoms with van der Waals surface area (Å²) < 4.78 is 23.3. The summed E-state index contributed by atoms with van der Waals surface area (Å²) in [6, 6.07) is 14.6. The Morgan fingerprint density at radius 3 is 1.53 bits per heavy atom.